The van der Waals surface area contributed by atoms with Crippen LogP contribution < -0.4 is 5.32 Å². The summed E-state index contributed by atoms with van der Waals surface area (Å²) in [6.07, 6.45) is 1.33. The van der Waals surface area contributed by atoms with Crippen LogP contribution in [0.3, 0.4) is 0 Å². The summed E-state index contributed by atoms with van der Waals surface area (Å²) in [4.78, 5) is 0. The molecule has 14 heavy (non-hydrogen) atoms. The molecule has 1 fully saturated rings. The lowest BCUT2D eigenvalue weighted by atomic mass is 10.1. The first-order valence-corrected chi connectivity index (χ1v) is 6.91. The quantitative estimate of drug-likeness (QED) is 0.697. The van der Waals surface area contributed by atoms with E-state index >= 15 is 0 Å². The molecule has 0 aromatic carbocycles. The van der Waals surface area contributed by atoms with Gasteiger partial charge in [-0.3, -0.25) is 0 Å². The molecule has 3 atom stereocenters. The van der Waals surface area contributed by atoms with Crippen molar-refractivity contribution in [2.45, 2.75) is 44.9 Å². The van der Waals surface area contributed by atoms with E-state index < -0.39 is 15.9 Å². The topological polar surface area (TPSA) is 66.4 Å². The maximum absolute atomic E-state index is 11.2. The summed E-state index contributed by atoms with van der Waals surface area (Å²) in [7, 11) is -3.02. The number of hydrogen-bond donors (Lipinski definition) is 2. The van der Waals surface area contributed by atoms with Gasteiger partial charge in [0, 0.05) is 12.1 Å². The highest BCUT2D eigenvalue weighted by atomic mass is 32.2. The van der Waals surface area contributed by atoms with Crippen LogP contribution in [0.15, 0.2) is 0 Å². The Bertz CT molecular complexity index is 276. The van der Waals surface area contributed by atoms with Crippen LogP contribution in [0.5, 0.6) is 0 Å². The minimum Gasteiger partial charge on any atom is -0.390 e. The third-order valence-electron chi connectivity index (χ3n) is 2.54. The van der Waals surface area contributed by atoms with Gasteiger partial charge in [0.2, 0.25) is 0 Å². The lowest BCUT2D eigenvalue weighted by Crippen LogP contribution is -2.43. The fraction of sp³-hybridized carbons (Fsp3) is 1.00. The number of hydrogen-bond acceptors (Lipinski definition) is 4. The second kappa shape index (κ2) is 4.59. The number of rotatable bonds is 4. The molecule has 0 aliphatic carbocycles. The molecule has 84 valence electrons. The number of aliphatic hydroxyl groups excluding tert-OH is 1. The standard InChI is InChI=1S/C9H19NO3S/c1-3-4-7(2)10-8-5-14(12,13)6-9(8)11/h7-11H,3-6H2,1-2H3. The summed E-state index contributed by atoms with van der Waals surface area (Å²) < 4.78 is 22.4. The molecule has 0 amide bonds. The summed E-state index contributed by atoms with van der Waals surface area (Å²) in [5.41, 5.74) is 0. The van der Waals surface area contributed by atoms with Gasteiger partial charge in [-0.05, 0) is 13.3 Å². The SMILES string of the molecule is CCCC(C)NC1CS(=O)(=O)CC1O. The van der Waals surface area contributed by atoms with Gasteiger partial charge in [0.1, 0.15) is 0 Å². The van der Waals surface area contributed by atoms with Crippen LogP contribution >= 0.6 is 0 Å². The van der Waals surface area contributed by atoms with Crippen LogP contribution in [0.25, 0.3) is 0 Å². The lowest BCUT2D eigenvalue weighted by Gasteiger charge is -2.20. The Kier molecular flexibility index (Phi) is 3.92. The lowest BCUT2D eigenvalue weighted by molar-refractivity contribution is 0.159. The Morgan fingerprint density at radius 1 is 1.50 bits per heavy atom. The van der Waals surface area contributed by atoms with E-state index in [2.05, 4.69) is 12.2 Å². The highest BCUT2D eigenvalue weighted by Crippen LogP contribution is 2.13. The Balaban J connectivity index is 2.46. The fourth-order valence-electron chi connectivity index (χ4n) is 1.87. The van der Waals surface area contributed by atoms with Crippen LogP contribution in [0, 0.1) is 0 Å². The van der Waals surface area contributed by atoms with Gasteiger partial charge in [0.25, 0.3) is 0 Å². The predicted molar refractivity (Wildman–Crippen MR) is 56.0 cm³/mol. The van der Waals surface area contributed by atoms with Gasteiger partial charge in [0.15, 0.2) is 9.84 Å². The van der Waals surface area contributed by atoms with E-state index in [1.54, 1.807) is 0 Å². The molecule has 1 rings (SSSR count). The van der Waals surface area contributed by atoms with Crippen LogP contribution in [0.1, 0.15) is 26.7 Å². The van der Waals surface area contributed by atoms with Crippen molar-refractivity contribution in [3.05, 3.63) is 0 Å². The highest BCUT2D eigenvalue weighted by molar-refractivity contribution is 7.91. The highest BCUT2D eigenvalue weighted by Gasteiger charge is 2.36. The van der Waals surface area contributed by atoms with Gasteiger partial charge in [-0.2, -0.15) is 0 Å². The van der Waals surface area contributed by atoms with Crippen molar-refractivity contribution >= 4 is 9.84 Å². The second-order valence-corrected chi connectivity index (χ2v) is 6.26. The smallest absolute Gasteiger partial charge is 0.154 e. The molecule has 1 aliphatic heterocycles. The number of sulfone groups is 1. The molecule has 3 unspecified atom stereocenters. The molecule has 4 nitrogen and oxygen atoms in total. The van der Waals surface area contributed by atoms with Crippen LogP contribution in [0.4, 0.5) is 0 Å². The van der Waals surface area contributed by atoms with Crippen LogP contribution in [-0.4, -0.2) is 43.2 Å². The van der Waals surface area contributed by atoms with Gasteiger partial charge in [-0.15, -0.1) is 0 Å². The van der Waals surface area contributed by atoms with Crippen molar-refractivity contribution in [3.63, 3.8) is 0 Å². The summed E-state index contributed by atoms with van der Waals surface area (Å²) in [6, 6.07) is -0.00509. The van der Waals surface area contributed by atoms with Gasteiger partial charge in [-0.25, -0.2) is 8.42 Å². The summed E-state index contributed by atoms with van der Waals surface area (Å²) in [6.45, 7) is 4.10. The van der Waals surface area contributed by atoms with E-state index in [9.17, 15) is 13.5 Å². The molecule has 1 saturated heterocycles. The molecular formula is C9H19NO3S. The molecule has 0 aromatic heterocycles. The maximum Gasteiger partial charge on any atom is 0.154 e. The summed E-state index contributed by atoms with van der Waals surface area (Å²) in [5.74, 6) is -0.0221. The molecule has 2 N–H and O–H groups in total. The fourth-order valence-corrected chi connectivity index (χ4v) is 3.62. The third kappa shape index (κ3) is 3.22. The van der Waals surface area contributed by atoms with Crippen molar-refractivity contribution in [3.8, 4) is 0 Å². The zero-order valence-corrected chi connectivity index (χ0v) is 9.55. The van der Waals surface area contributed by atoms with E-state index in [1.165, 1.54) is 0 Å². The van der Waals surface area contributed by atoms with Crippen molar-refractivity contribution in [1.29, 1.82) is 0 Å². The predicted octanol–water partition coefficient (Wildman–Crippen LogP) is -0.0775. The first-order chi connectivity index (χ1) is 6.44. The molecule has 1 heterocycles. The van der Waals surface area contributed by atoms with E-state index in [0.29, 0.717) is 0 Å². The first-order valence-electron chi connectivity index (χ1n) is 5.09. The third-order valence-corrected chi connectivity index (χ3v) is 4.26. The monoisotopic (exact) mass is 221 g/mol. The summed E-state index contributed by atoms with van der Waals surface area (Å²) >= 11 is 0. The van der Waals surface area contributed by atoms with E-state index in [-0.39, 0.29) is 23.6 Å². The van der Waals surface area contributed by atoms with Crippen LogP contribution in [-0.2, 0) is 9.84 Å². The maximum atomic E-state index is 11.2. The molecule has 0 radical (unpaired) electrons. The minimum absolute atomic E-state index is 0.0716. The van der Waals surface area contributed by atoms with Crippen molar-refractivity contribution in [2.24, 2.45) is 0 Å². The van der Waals surface area contributed by atoms with E-state index in [1.807, 2.05) is 6.92 Å². The van der Waals surface area contributed by atoms with E-state index in [4.69, 9.17) is 0 Å². The van der Waals surface area contributed by atoms with E-state index in [0.717, 1.165) is 12.8 Å². The summed E-state index contributed by atoms with van der Waals surface area (Å²) in [5, 5.41) is 12.7. The van der Waals surface area contributed by atoms with Gasteiger partial charge in [0.05, 0.1) is 17.6 Å². The number of aliphatic hydroxyl groups is 1. The van der Waals surface area contributed by atoms with Crippen molar-refractivity contribution in [2.75, 3.05) is 11.5 Å². The average Bonchev–Trinajstić information content (AvgIpc) is 2.25. The Hall–Kier alpha value is -0.130. The average molecular weight is 221 g/mol. The Morgan fingerprint density at radius 2 is 2.14 bits per heavy atom. The van der Waals surface area contributed by atoms with Crippen LogP contribution in [0.2, 0.25) is 0 Å². The molecule has 0 aromatic rings. The minimum atomic E-state index is -3.02. The Morgan fingerprint density at radius 3 is 2.57 bits per heavy atom. The normalized spacial score (nSPS) is 33.1. The molecule has 0 saturated carbocycles. The molecule has 0 bridgehead atoms. The zero-order valence-electron chi connectivity index (χ0n) is 8.73. The van der Waals surface area contributed by atoms with Crippen molar-refractivity contribution in [1.82, 2.24) is 5.32 Å². The molecule has 1 aliphatic rings. The van der Waals surface area contributed by atoms with Gasteiger partial charge >= 0.3 is 0 Å². The largest absolute Gasteiger partial charge is 0.390 e. The molecule has 5 heteroatoms. The zero-order chi connectivity index (χ0) is 10.8. The molecule has 0 spiro atoms. The Labute approximate surface area is 85.6 Å². The van der Waals surface area contributed by atoms with Gasteiger partial charge in [-0.1, -0.05) is 13.3 Å². The first kappa shape index (κ1) is 11.9. The van der Waals surface area contributed by atoms with Gasteiger partial charge < -0.3 is 10.4 Å². The second-order valence-electron chi connectivity index (χ2n) is 4.11. The van der Waals surface area contributed by atoms with Crippen molar-refractivity contribution < 1.29 is 13.5 Å². The number of nitrogens with one attached hydrogen (secondary N) is 1. The molecular weight excluding hydrogens is 202 g/mol.